The predicted octanol–water partition coefficient (Wildman–Crippen LogP) is 3.00. The van der Waals surface area contributed by atoms with Crippen LogP contribution >= 0.6 is 0 Å². The van der Waals surface area contributed by atoms with Gasteiger partial charge in [-0.15, -0.1) is 0 Å². The first-order chi connectivity index (χ1) is 13.7. The van der Waals surface area contributed by atoms with Crippen molar-refractivity contribution in [2.75, 3.05) is 19.7 Å². The van der Waals surface area contributed by atoms with E-state index in [2.05, 4.69) is 27.1 Å². The first kappa shape index (κ1) is 18.8. The number of ether oxygens (including phenoxy) is 1. The molecule has 1 aliphatic rings. The molecule has 4 rings (SSSR count). The number of likely N-dealkylation sites (tertiary alicyclic amines) is 1. The number of hydrogen-bond donors (Lipinski definition) is 0. The van der Waals surface area contributed by atoms with Crippen LogP contribution in [-0.2, 0) is 24.8 Å². The summed E-state index contributed by atoms with van der Waals surface area (Å²) in [6.07, 6.45) is 5.15. The Morgan fingerprint density at radius 3 is 2.89 bits per heavy atom. The normalized spacial score (nSPS) is 17.9. The van der Waals surface area contributed by atoms with Gasteiger partial charge in [-0.25, -0.2) is 0 Å². The molecule has 0 saturated carbocycles. The van der Waals surface area contributed by atoms with Gasteiger partial charge in [0.2, 0.25) is 0 Å². The van der Waals surface area contributed by atoms with Crippen LogP contribution in [0.3, 0.4) is 0 Å². The van der Waals surface area contributed by atoms with Crippen LogP contribution in [0.25, 0.3) is 11.5 Å². The fourth-order valence-corrected chi connectivity index (χ4v) is 3.60. The fourth-order valence-electron chi connectivity index (χ4n) is 3.60. The molecule has 1 unspecified atom stereocenters. The third-order valence-electron chi connectivity index (χ3n) is 5.36. The highest BCUT2D eigenvalue weighted by atomic mass is 16.5. The Morgan fingerprint density at radius 2 is 2.11 bits per heavy atom. The van der Waals surface area contributed by atoms with E-state index in [0.29, 0.717) is 24.7 Å². The summed E-state index contributed by atoms with van der Waals surface area (Å²) in [6, 6.07) is 9.83. The van der Waals surface area contributed by atoms with E-state index in [1.54, 1.807) is 0 Å². The van der Waals surface area contributed by atoms with Gasteiger partial charge in [-0.2, -0.15) is 10.1 Å². The van der Waals surface area contributed by atoms with Crippen molar-refractivity contribution in [3.8, 4) is 11.5 Å². The molecule has 1 atom stereocenters. The third-order valence-corrected chi connectivity index (χ3v) is 5.36. The molecule has 1 aromatic carbocycles. The van der Waals surface area contributed by atoms with Crippen LogP contribution in [0.15, 0.2) is 41.1 Å². The lowest BCUT2D eigenvalue weighted by Gasteiger charge is -2.32. The Morgan fingerprint density at radius 1 is 1.25 bits per heavy atom. The molecule has 0 bridgehead atoms. The van der Waals surface area contributed by atoms with Gasteiger partial charge < -0.3 is 9.26 Å². The van der Waals surface area contributed by atoms with E-state index in [0.717, 1.165) is 38.0 Å². The number of hydrogen-bond acceptors (Lipinski definition) is 6. The smallest absolute Gasteiger partial charge is 0.257 e. The second-order valence-corrected chi connectivity index (χ2v) is 7.38. The summed E-state index contributed by atoms with van der Waals surface area (Å²) in [5, 5.41) is 8.42. The van der Waals surface area contributed by atoms with Gasteiger partial charge >= 0.3 is 0 Å². The van der Waals surface area contributed by atoms with Gasteiger partial charge in [-0.05, 0) is 38.4 Å². The van der Waals surface area contributed by atoms with Crippen LogP contribution < -0.4 is 0 Å². The minimum Gasteiger partial charge on any atom is -0.376 e. The quantitative estimate of drug-likeness (QED) is 0.627. The lowest BCUT2D eigenvalue weighted by molar-refractivity contribution is -0.00180. The summed E-state index contributed by atoms with van der Waals surface area (Å²) in [5.74, 6) is 1.25. The minimum absolute atomic E-state index is 0.256. The highest BCUT2D eigenvalue weighted by Crippen LogP contribution is 2.19. The number of piperidine rings is 1. The van der Waals surface area contributed by atoms with Gasteiger partial charge in [0.15, 0.2) is 5.82 Å². The first-order valence-corrected chi connectivity index (χ1v) is 9.88. The summed E-state index contributed by atoms with van der Waals surface area (Å²) in [5.41, 5.74) is 3.47. The van der Waals surface area contributed by atoms with Crippen LogP contribution in [0.1, 0.15) is 29.9 Å². The third kappa shape index (κ3) is 4.48. The Hall–Kier alpha value is -2.51. The Kier molecular flexibility index (Phi) is 5.83. The van der Waals surface area contributed by atoms with E-state index >= 15 is 0 Å². The van der Waals surface area contributed by atoms with Crippen molar-refractivity contribution >= 4 is 0 Å². The molecule has 0 aliphatic carbocycles. The van der Waals surface area contributed by atoms with Gasteiger partial charge in [0, 0.05) is 43.4 Å². The van der Waals surface area contributed by atoms with Crippen molar-refractivity contribution in [3.05, 3.63) is 53.6 Å². The van der Waals surface area contributed by atoms with Crippen molar-refractivity contribution in [1.29, 1.82) is 0 Å². The second kappa shape index (κ2) is 8.67. The highest BCUT2D eigenvalue weighted by molar-refractivity contribution is 5.51. The van der Waals surface area contributed by atoms with Crippen LogP contribution in [0.4, 0.5) is 0 Å². The molecule has 7 heteroatoms. The number of rotatable bonds is 7. The van der Waals surface area contributed by atoms with Crippen molar-refractivity contribution < 1.29 is 9.26 Å². The van der Waals surface area contributed by atoms with Crippen molar-refractivity contribution in [1.82, 2.24) is 24.8 Å². The molecular weight excluding hydrogens is 354 g/mol. The van der Waals surface area contributed by atoms with Crippen LogP contribution in [0, 0.1) is 6.92 Å². The maximum absolute atomic E-state index is 6.12. The number of aromatic nitrogens is 4. The largest absolute Gasteiger partial charge is 0.376 e. The van der Waals surface area contributed by atoms with Gasteiger partial charge in [-0.1, -0.05) is 23.4 Å². The van der Waals surface area contributed by atoms with Gasteiger partial charge in [0.25, 0.3) is 5.89 Å². The van der Waals surface area contributed by atoms with Crippen molar-refractivity contribution in [3.63, 3.8) is 0 Å². The summed E-state index contributed by atoms with van der Waals surface area (Å²) in [6.45, 7) is 5.73. The van der Waals surface area contributed by atoms with E-state index in [-0.39, 0.29) is 6.10 Å². The SMILES string of the molecule is Cc1c(CN2CCCC(OCCc3noc(-c4ccccc4)n3)C2)cnn1C. The Bertz CT molecular complexity index is 889. The standard InChI is InChI=1S/C21H27N5O2/c1-16-18(13-22-25(16)2)14-26-11-6-9-19(15-26)27-12-10-20-23-21(28-24-20)17-7-4-3-5-8-17/h3-5,7-8,13,19H,6,9-12,14-15H2,1-2H3. The zero-order chi connectivity index (χ0) is 19.3. The summed E-state index contributed by atoms with van der Waals surface area (Å²) < 4.78 is 13.4. The lowest BCUT2D eigenvalue weighted by atomic mass is 10.1. The van der Waals surface area contributed by atoms with Crippen LogP contribution in [0.5, 0.6) is 0 Å². The van der Waals surface area contributed by atoms with Crippen molar-refractivity contribution in [2.24, 2.45) is 7.05 Å². The summed E-state index contributed by atoms with van der Waals surface area (Å²) in [4.78, 5) is 6.93. The lowest BCUT2D eigenvalue weighted by Crippen LogP contribution is -2.39. The zero-order valence-electron chi connectivity index (χ0n) is 16.5. The molecule has 2 aromatic heterocycles. The summed E-state index contributed by atoms with van der Waals surface area (Å²) in [7, 11) is 1.99. The average Bonchev–Trinajstić information content (AvgIpc) is 3.31. The Balaban J connectivity index is 1.25. The zero-order valence-corrected chi connectivity index (χ0v) is 16.5. The molecule has 1 fully saturated rings. The minimum atomic E-state index is 0.256. The highest BCUT2D eigenvalue weighted by Gasteiger charge is 2.21. The first-order valence-electron chi connectivity index (χ1n) is 9.88. The molecule has 1 saturated heterocycles. The van der Waals surface area contributed by atoms with E-state index < -0.39 is 0 Å². The fraction of sp³-hybridized carbons (Fsp3) is 0.476. The molecule has 0 amide bonds. The average molecular weight is 381 g/mol. The van der Waals surface area contributed by atoms with E-state index in [4.69, 9.17) is 9.26 Å². The molecule has 0 radical (unpaired) electrons. The Labute approximate surface area is 165 Å². The van der Waals surface area contributed by atoms with Crippen molar-refractivity contribution in [2.45, 2.75) is 38.8 Å². The molecule has 28 heavy (non-hydrogen) atoms. The van der Waals surface area contributed by atoms with Crippen LogP contribution in [0.2, 0.25) is 0 Å². The van der Waals surface area contributed by atoms with Gasteiger partial charge in [-0.3, -0.25) is 9.58 Å². The van der Waals surface area contributed by atoms with Gasteiger partial charge in [0.1, 0.15) is 0 Å². The van der Waals surface area contributed by atoms with E-state index in [1.165, 1.54) is 11.3 Å². The van der Waals surface area contributed by atoms with E-state index in [9.17, 15) is 0 Å². The van der Waals surface area contributed by atoms with Crippen LogP contribution in [-0.4, -0.2) is 50.6 Å². The van der Waals surface area contributed by atoms with Gasteiger partial charge in [0.05, 0.1) is 18.9 Å². The molecule has 3 heterocycles. The monoisotopic (exact) mass is 381 g/mol. The maximum Gasteiger partial charge on any atom is 0.257 e. The summed E-state index contributed by atoms with van der Waals surface area (Å²) >= 11 is 0. The molecule has 0 N–H and O–H groups in total. The second-order valence-electron chi connectivity index (χ2n) is 7.38. The molecule has 148 valence electrons. The maximum atomic E-state index is 6.12. The molecular formula is C21H27N5O2. The predicted molar refractivity (Wildman–Crippen MR) is 106 cm³/mol. The molecule has 3 aromatic rings. The number of nitrogens with zero attached hydrogens (tertiary/aromatic N) is 5. The molecule has 7 nitrogen and oxygen atoms in total. The topological polar surface area (TPSA) is 69.2 Å². The molecule has 1 aliphatic heterocycles. The number of aryl methyl sites for hydroxylation is 1. The number of benzene rings is 1. The molecule has 0 spiro atoms. The van der Waals surface area contributed by atoms with E-state index in [1.807, 2.05) is 48.3 Å².